The third-order valence-electron chi connectivity index (χ3n) is 5.30. The number of carbonyl (C=O) groups excluding carboxylic acids is 1. The number of rotatable bonds is 6. The Labute approximate surface area is 180 Å². The number of methoxy groups -OCH3 is 1. The molecule has 0 spiro atoms. The van der Waals surface area contributed by atoms with E-state index in [2.05, 4.69) is 20.4 Å². The van der Waals surface area contributed by atoms with Crippen LogP contribution in [0.2, 0.25) is 0 Å². The lowest BCUT2D eigenvalue weighted by Crippen LogP contribution is -2.24. The molecule has 6 nitrogen and oxygen atoms in total. The van der Waals surface area contributed by atoms with Crippen LogP contribution in [-0.2, 0) is 6.54 Å². The van der Waals surface area contributed by atoms with Crippen molar-refractivity contribution in [2.75, 3.05) is 25.5 Å². The van der Waals surface area contributed by atoms with Crippen molar-refractivity contribution in [3.63, 3.8) is 0 Å². The molecule has 2 heterocycles. The highest BCUT2D eigenvalue weighted by Gasteiger charge is 2.13. The maximum Gasteiger partial charge on any atom is 0.257 e. The van der Waals surface area contributed by atoms with Crippen molar-refractivity contribution in [2.24, 2.45) is 0 Å². The highest BCUT2D eigenvalue weighted by molar-refractivity contribution is 7.18. The molecule has 1 aliphatic rings. The van der Waals surface area contributed by atoms with E-state index in [4.69, 9.17) is 4.74 Å². The van der Waals surface area contributed by atoms with Crippen molar-refractivity contribution in [3.05, 3.63) is 59.7 Å². The molecule has 1 fully saturated rings. The number of aromatic nitrogens is 2. The fraction of sp³-hybridized carbons (Fsp3) is 0.348. The highest BCUT2D eigenvalue weighted by Crippen LogP contribution is 2.28. The lowest BCUT2D eigenvalue weighted by molar-refractivity contribution is 0.102. The van der Waals surface area contributed by atoms with Crippen molar-refractivity contribution in [3.8, 4) is 16.3 Å². The van der Waals surface area contributed by atoms with Crippen LogP contribution >= 0.6 is 11.3 Å². The standard InChI is InChI=1S/C23H26N4O2S/c1-29-20-12-10-19(11-13-20)22-25-26-23(30-22)24-21(28)18-8-6-17(7-9-18)16-27-14-4-2-3-5-15-27/h6-13H,2-5,14-16H2,1H3,(H,24,26,28). The predicted octanol–water partition coefficient (Wildman–Crippen LogP) is 4.84. The molecule has 4 rings (SSSR count). The summed E-state index contributed by atoms with van der Waals surface area (Å²) in [5.41, 5.74) is 2.80. The summed E-state index contributed by atoms with van der Waals surface area (Å²) in [5.74, 6) is 0.616. The summed E-state index contributed by atoms with van der Waals surface area (Å²) in [6.45, 7) is 3.27. The van der Waals surface area contributed by atoms with E-state index in [0.29, 0.717) is 10.7 Å². The Hall–Kier alpha value is -2.77. The first kappa shape index (κ1) is 20.5. The van der Waals surface area contributed by atoms with Crippen LogP contribution in [0.1, 0.15) is 41.6 Å². The first-order chi connectivity index (χ1) is 14.7. The number of nitrogens with zero attached hydrogens (tertiary/aromatic N) is 3. The molecule has 7 heteroatoms. The monoisotopic (exact) mass is 422 g/mol. The van der Waals surface area contributed by atoms with Crippen molar-refractivity contribution in [1.82, 2.24) is 15.1 Å². The zero-order valence-corrected chi connectivity index (χ0v) is 18.0. The fourth-order valence-corrected chi connectivity index (χ4v) is 4.35. The van der Waals surface area contributed by atoms with Gasteiger partial charge in [0.2, 0.25) is 5.13 Å². The van der Waals surface area contributed by atoms with Gasteiger partial charge >= 0.3 is 0 Å². The van der Waals surface area contributed by atoms with Crippen molar-refractivity contribution in [1.29, 1.82) is 0 Å². The van der Waals surface area contributed by atoms with E-state index < -0.39 is 0 Å². The first-order valence-electron chi connectivity index (χ1n) is 10.3. The molecule has 0 atom stereocenters. The third kappa shape index (κ3) is 5.23. The second-order valence-corrected chi connectivity index (χ2v) is 8.46. The zero-order chi connectivity index (χ0) is 20.8. The molecule has 1 saturated heterocycles. The summed E-state index contributed by atoms with van der Waals surface area (Å²) in [6, 6.07) is 15.5. The Balaban J connectivity index is 1.36. The van der Waals surface area contributed by atoms with Gasteiger partial charge in [0.25, 0.3) is 5.91 Å². The Morgan fingerprint density at radius 2 is 1.70 bits per heavy atom. The molecule has 0 unspecified atom stereocenters. The summed E-state index contributed by atoms with van der Waals surface area (Å²) in [7, 11) is 1.63. The molecule has 30 heavy (non-hydrogen) atoms. The average molecular weight is 423 g/mol. The van der Waals surface area contributed by atoms with Gasteiger partial charge in [-0.2, -0.15) is 0 Å². The Kier molecular flexibility index (Phi) is 6.71. The molecule has 3 aromatic rings. The van der Waals surface area contributed by atoms with E-state index >= 15 is 0 Å². The minimum Gasteiger partial charge on any atom is -0.497 e. The minimum absolute atomic E-state index is 0.172. The zero-order valence-electron chi connectivity index (χ0n) is 17.1. The van der Waals surface area contributed by atoms with Crippen LogP contribution in [0.3, 0.4) is 0 Å². The minimum atomic E-state index is -0.172. The van der Waals surface area contributed by atoms with Gasteiger partial charge in [0.05, 0.1) is 7.11 Å². The molecule has 0 bridgehead atoms. The third-order valence-corrected chi connectivity index (χ3v) is 6.19. The van der Waals surface area contributed by atoms with Gasteiger partial charge in [-0.15, -0.1) is 10.2 Å². The van der Waals surface area contributed by atoms with E-state index in [9.17, 15) is 4.79 Å². The molecule has 1 amide bonds. The normalized spacial score (nSPS) is 14.8. The van der Waals surface area contributed by atoms with Gasteiger partial charge in [-0.05, 0) is 67.9 Å². The molecular weight excluding hydrogens is 396 g/mol. The molecule has 156 valence electrons. The van der Waals surface area contributed by atoms with E-state index in [-0.39, 0.29) is 5.91 Å². The SMILES string of the molecule is COc1ccc(-c2nnc(NC(=O)c3ccc(CN4CCCCCC4)cc3)s2)cc1. The summed E-state index contributed by atoms with van der Waals surface area (Å²) >= 11 is 1.35. The summed E-state index contributed by atoms with van der Waals surface area (Å²) < 4.78 is 5.18. The number of likely N-dealkylation sites (tertiary alicyclic amines) is 1. The molecular formula is C23H26N4O2S. The van der Waals surface area contributed by atoms with Gasteiger partial charge in [-0.3, -0.25) is 15.0 Å². The number of benzene rings is 2. The highest BCUT2D eigenvalue weighted by atomic mass is 32.1. The molecule has 0 radical (unpaired) electrons. The number of ether oxygens (including phenoxy) is 1. The van der Waals surface area contributed by atoms with Crippen LogP contribution in [0.5, 0.6) is 5.75 Å². The fourth-order valence-electron chi connectivity index (χ4n) is 3.61. The van der Waals surface area contributed by atoms with Gasteiger partial charge in [-0.1, -0.05) is 36.3 Å². The second kappa shape index (κ2) is 9.82. The molecule has 1 aliphatic heterocycles. The number of anilines is 1. The van der Waals surface area contributed by atoms with Crippen LogP contribution in [0.25, 0.3) is 10.6 Å². The van der Waals surface area contributed by atoms with Crippen molar-refractivity contribution < 1.29 is 9.53 Å². The lowest BCUT2D eigenvalue weighted by Gasteiger charge is -2.19. The summed E-state index contributed by atoms with van der Waals surface area (Å²) in [6.07, 6.45) is 5.23. The van der Waals surface area contributed by atoms with Crippen molar-refractivity contribution >= 4 is 22.4 Å². The summed E-state index contributed by atoms with van der Waals surface area (Å²) in [5, 5.41) is 12.4. The van der Waals surface area contributed by atoms with E-state index in [0.717, 1.165) is 36.0 Å². The van der Waals surface area contributed by atoms with Crippen LogP contribution in [-0.4, -0.2) is 41.2 Å². The lowest BCUT2D eigenvalue weighted by atomic mass is 10.1. The second-order valence-electron chi connectivity index (χ2n) is 7.48. The average Bonchev–Trinajstić information content (AvgIpc) is 3.09. The number of carbonyl (C=O) groups is 1. The number of hydrogen-bond acceptors (Lipinski definition) is 6. The quantitative estimate of drug-likeness (QED) is 0.616. The number of nitrogens with one attached hydrogen (secondary N) is 1. The predicted molar refractivity (Wildman–Crippen MR) is 120 cm³/mol. The Morgan fingerprint density at radius 1 is 1.00 bits per heavy atom. The van der Waals surface area contributed by atoms with Crippen LogP contribution in [0, 0.1) is 0 Å². The summed E-state index contributed by atoms with van der Waals surface area (Å²) in [4.78, 5) is 15.1. The van der Waals surface area contributed by atoms with Gasteiger partial charge in [0.15, 0.2) is 0 Å². The van der Waals surface area contributed by atoms with Gasteiger partial charge in [0.1, 0.15) is 10.8 Å². The van der Waals surface area contributed by atoms with Crippen molar-refractivity contribution in [2.45, 2.75) is 32.2 Å². The van der Waals surface area contributed by atoms with E-state index in [1.165, 1.54) is 42.6 Å². The molecule has 0 saturated carbocycles. The van der Waals surface area contributed by atoms with Crippen LogP contribution < -0.4 is 10.1 Å². The molecule has 1 aromatic heterocycles. The molecule has 0 aliphatic carbocycles. The smallest absolute Gasteiger partial charge is 0.257 e. The molecule has 2 aromatic carbocycles. The van der Waals surface area contributed by atoms with Gasteiger partial charge in [0, 0.05) is 17.7 Å². The van der Waals surface area contributed by atoms with Crippen LogP contribution in [0.15, 0.2) is 48.5 Å². The Morgan fingerprint density at radius 3 is 2.37 bits per heavy atom. The maximum atomic E-state index is 12.6. The number of amides is 1. The van der Waals surface area contributed by atoms with Gasteiger partial charge < -0.3 is 4.74 Å². The Bertz CT molecular complexity index is 962. The van der Waals surface area contributed by atoms with E-state index in [1.54, 1.807) is 7.11 Å². The molecule has 1 N–H and O–H groups in total. The topological polar surface area (TPSA) is 67.4 Å². The van der Waals surface area contributed by atoms with Gasteiger partial charge in [-0.25, -0.2) is 0 Å². The first-order valence-corrected chi connectivity index (χ1v) is 11.1. The maximum absolute atomic E-state index is 12.6. The largest absolute Gasteiger partial charge is 0.497 e. The van der Waals surface area contributed by atoms with Crippen LogP contribution in [0.4, 0.5) is 5.13 Å². The number of hydrogen-bond donors (Lipinski definition) is 1. The van der Waals surface area contributed by atoms with E-state index in [1.807, 2.05) is 48.5 Å².